The monoisotopic (exact) mass is 389 g/mol. The summed E-state index contributed by atoms with van der Waals surface area (Å²) < 4.78 is 27.4. The molecule has 0 atom stereocenters. The third-order valence-corrected chi connectivity index (χ3v) is 5.82. The molecule has 0 bridgehead atoms. The van der Waals surface area contributed by atoms with Gasteiger partial charge in [0.2, 0.25) is 10.0 Å². The van der Waals surface area contributed by atoms with Crippen LogP contribution in [0.3, 0.4) is 0 Å². The molecule has 0 aliphatic carbocycles. The number of piperidine rings is 1. The Balaban J connectivity index is 1.71. The highest BCUT2D eigenvalue weighted by molar-refractivity contribution is 9.10. The van der Waals surface area contributed by atoms with Crippen molar-refractivity contribution >= 4 is 52.6 Å². The molecule has 0 unspecified atom stereocenters. The van der Waals surface area contributed by atoms with Crippen molar-refractivity contribution in [3.05, 3.63) is 22.7 Å². The van der Waals surface area contributed by atoms with Gasteiger partial charge in [-0.15, -0.1) is 0 Å². The van der Waals surface area contributed by atoms with Gasteiger partial charge in [-0.2, -0.15) is 0 Å². The second-order valence-corrected chi connectivity index (χ2v) is 8.96. The third-order valence-electron chi connectivity index (χ3n) is 3.49. The van der Waals surface area contributed by atoms with E-state index in [0.717, 1.165) is 45.8 Å². The molecule has 0 saturated carbocycles. The van der Waals surface area contributed by atoms with Crippen LogP contribution in [0.15, 0.2) is 22.7 Å². The fourth-order valence-corrected chi connectivity index (χ4v) is 4.92. The normalized spacial score (nSPS) is 17.5. The molecule has 2 heterocycles. The van der Waals surface area contributed by atoms with Crippen molar-refractivity contribution in [2.24, 2.45) is 0 Å². The zero-order valence-electron chi connectivity index (χ0n) is 11.5. The van der Waals surface area contributed by atoms with Crippen molar-refractivity contribution in [1.29, 1.82) is 0 Å². The quantitative estimate of drug-likeness (QED) is 0.875. The Morgan fingerprint density at radius 1 is 1.38 bits per heavy atom. The van der Waals surface area contributed by atoms with Crippen molar-refractivity contribution in [2.45, 2.75) is 18.9 Å². The van der Waals surface area contributed by atoms with Crippen molar-refractivity contribution in [1.82, 2.24) is 9.71 Å². The average Bonchev–Trinajstić information content (AvgIpc) is 2.80. The maximum atomic E-state index is 11.3. The van der Waals surface area contributed by atoms with Gasteiger partial charge < -0.3 is 4.90 Å². The fraction of sp³-hybridized carbons (Fsp3) is 0.462. The molecule has 0 radical (unpaired) electrons. The van der Waals surface area contributed by atoms with Gasteiger partial charge in [0.15, 0.2) is 5.13 Å². The molecule has 21 heavy (non-hydrogen) atoms. The van der Waals surface area contributed by atoms with Crippen molar-refractivity contribution in [3.8, 4) is 0 Å². The van der Waals surface area contributed by atoms with E-state index in [9.17, 15) is 8.42 Å². The Hall–Kier alpha value is -0.700. The standard InChI is InChI=1S/C13H16BrN3O2S2/c1-21(18,19)16-10-4-6-17(7-5-10)13-15-11-3-2-9(14)8-12(11)20-13/h2-3,8,10,16H,4-7H2,1H3. The zero-order chi connectivity index (χ0) is 15.0. The SMILES string of the molecule is CS(=O)(=O)NC1CCN(c2nc3ccc(Br)cc3s2)CC1. The largest absolute Gasteiger partial charge is 0.348 e. The topological polar surface area (TPSA) is 62.3 Å². The van der Waals surface area contributed by atoms with Crippen LogP contribution in [-0.4, -0.2) is 38.8 Å². The molecule has 1 N–H and O–H groups in total. The summed E-state index contributed by atoms with van der Waals surface area (Å²) in [6.07, 6.45) is 2.84. The van der Waals surface area contributed by atoms with E-state index in [2.05, 4.69) is 36.6 Å². The van der Waals surface area contributed by atoms with Gasteiger partial charge in [-0.05, 0) is 31.0 Å². The smallest absolute Gasteiger partial charge is 0.208 e. The van der Waals surface area contributed by atoms with E-state index in [1.807, 2.05) is 12.1 Å². The summed E-state index contributed by atoms with van der Waals surface area (Å²) in [5.41, 5.74) is 1.01. The molecule has 1 aromatic carbocycles. The van der Waals surface area contributed by atoms with Crippen LogP contribution in [0, 0.1) is 0 Å². The van der Waals surface area contributed by atoms with Gasteiger partial charge >= 0.3 is 0 Å². The lowest BCUT2D eigenvalue weighted by atomic mass is 10.1. The molecule has 0 amide bonds. The summed E-state index contributed by atoms with van der Waals surface area (Å²) in [6.45, 7) is 1.66. The Morgan fingerprint density at radius 3 is 2.76 bits per heavy atom. The van der Waals surface area contributed by atoms with Gasteiger partial charge in [-0.3, -0.25) is 0 Å². The Kier molecular flexibility index (Phi) is 4.22. The number of hydrogen-bond acceptors (Lipinski definition) is 5. The number of sulfonamides is 1. The summed E-state index contributed by atoms with van der Waals surface area (Å²) in [7, 11) is -3.12. The maximum absolute atomic E-state index is 11.3. The second kappa shape index (κ2) is 5.83. The number of aromatic nitrogens is 1. The molecule has 1 fully saturated rings. The Morgan fingerprint density at radius 2 is 2.10 bits per heavy atom. The summed E-state index contributed by atoms with van der Waals surface area (Å²) in [6, 6.07) is 6.12. The summed E-state index contributed by atoms with van der Waals surface area (Å²) in [5, 5.41) is 1.01. The van der Waals surface area contributed by atoms with Crippen molar-refractivity contribution < 1.29 is 8.42 Å². The average molecular weight is 390 g/mol. The minimum atomic E-state index is -3.12. The van der Waals surface area contributed by atoms with Gasteiger partial charge in [-0.1, -0.05) is 27.3 Å². The number of rotatable bonds is 3. The predicted octanol–water partition coefficient (Wildman–Crippen LogP) is 2.58. The van der Waals surface area contributed by atoms with Gasteiger partial charge in [0, 0.05) is 23.6 Å². The number of hydrogen-bond donors (Lipinski definition) is 1. The van der Waals surface area contributed by atoms with E-state index in [-0.39, 0.29) is 6.04 Å². The molecule has 5 nitrogen and oxygen atoms in total. The van der Waals surface area contributed by atoms with Crippen LogP contribution in [0.4, 0.5) is 5.13 Å². The van der Waals surface area contributed by atoms with Gasteiger partial charge in [-0.25, -0.2) is 18.1 Å². The van der Waals surface area contributed by atoms with Crippen molar-refractivity contribution in [2.75, 3.05) is 24.2 Å². The first-order valence-corrected chi connectivity index (χ1v) is 10.2. The maximum Gasteiger partial charge on any atom is 0.208 e. The third kappa shape index (κ3) is 3.74. The molecular weight excluding hydrogens is 374 g/mol. The first-order chi connectivity index (χ1) is 9.90. The van der Waals surface area contributed by atoms with E-state index in [1.54, 1.807) is 11.3 Å². The lowest BCUT2D eigenvalue weighted by molar-refractivity contribution is 0.461. The Bertz CT molecular complexity index is 752. The second-order valence-electron chi connectivity index (χ2n) is 5.26. The molecule has 1 aromatic heterocycles. The van der Waals surface area contributed by atoms with Crippen LogP contribution in [0.1, 0.15) is 12.8 Å². The minimum absolute atomic E-state index is 0.0415. The van der Waals surface area contributed by atoms with E-state index < -0.39 is 10.0 Å². The van der Waals surface area contributed by atoms with Crippen molar-refractivity contribution in [3.63, 3.8) is 0 Å². The zero-order valence-corrected chi connectivity index (χ0v) is 14.8. The minimum Gasteiger partial charge on any atom is -0.348 e. The first kappa shape index (κ1) is 15.2. The lowest BCUT2D eigenvalue weighted by Gasteiger charge is -2.31. The van der Waals surface area contributed by atoms with Crippen LogP contribution < -0.4 is 9.62 Å². The van der Waals surface area contributed by atoms with Crippen LogP contribution in [0.25, 0.3) is 10.2 Å². The van der Waals surface area contributed by atoms with E-state index in [0.29, 0.717) is 0 Å². The summed E-state index contributed by atoms with van der Waals surface area (Å²) in [4.78, 5) is 6.90. The molecular formula is C13H16BrN3O2S2. The number of halogens is 1. The van der Waals surface area contributed by atoms with E-state index in [4.69, 9.17) is 0 Å². The number of nitrogens with zero attached hydrogens (tertiary/aromatic N) is 2. The van der Waals surface area contributed by atoms with Gasteiger partial charge in [0.1, 0.15) is 0 Å². The number of nitrogens with one attached hydrogen (secondary N) is 1. The lowest BCUT2D eigenvalue weighted by Crippen LogP contribution is -2.44. The number of thiazole rings is 1. The summed E-state index contributed by atoms with van der Waals surface area (Å²) >= 11 is 5.15. The first-order valence-electron chi connectivity index (χ1n) is 6.69. The Labute approximate surface area is 136 Å². The highest BCUT2D eigenvalue weighted by Gasteiger charge is 2.23. The molecule has 1 aliphatic rings. The number of fused-ring (bicyclic) bond motifs is 1. The number of anilines is 1. The molecule has 2 aromatic rings. The van der Waals surface area contributed by atoms with E-state index in [1.165, 1.54) is 6.26 Å². The fourth-order valence-electron chi connectivity index (χ4n) is 2.51. The van der Waals surface area contributed by atoms with Gasteiger partial charge in [0.05, 0.1) is 16.5 Å². The molecule has 0 spiro atoms. The molecule has 3 rings (SSSR count). The molecule has 1 aliphatic heterocycles. The van der Waals surface area contributed by atoms with Gasteiger partial charge in [0.25, 0.3) is 0 Å². The highest BCUT2D eigenvalue weighted by Crippen LogP contribution is 2.32. The molecule has 1 saturated heterocycles. The van der Waals surface area contributed by atoms with Crippen LogP contribution in [-0.2, 0) is 10.0 Å². The number of benzene rings is 1. The predicted molar refractivity (Wildman–Crippen MR) is 90.5 cm³/mol. The molecule has 8 heteroatoms. The van der Waals surface area contributed by atoms with Crippen LogP contribution in [0.5, 0.6) is 0 Å². The van der Waals surface area contributed by atoms with Crippen LogP contribution >= 0.6 is 27.3 Å². The van der Waals surface area contributed by atoms with Crippen LogP contribution in [0.2, 0.25) is 0 Å². The highest BCUT2D eigenvalue weighted by atomic mass is 79.9. The molecule has 114 valence electrons. The summed E-state index contributed by atoms with van der Waals surface area (Å²) in [5.74, 6) is 0. The van der Waals surface area contributed by atoms with E-state index >= 15 is 0 Å².